The highest BCUT2D eigenvalue weighted by atomic mass is 19.4. The number of hydrogen-bond acceptors (Lipinski definition) is 4. The third-order valence-electron chi connectivity index (χ3n) is 7.13. The lowest BCUT2D eigenvalue weighted by Gasteiger charge is -2.35. The number of nitrogens with two attached hydrogens (primary N) is 1. The molecule has 2 N–H and O–H groups in total. The van der Waals surface area contributed by atoms with Crippen molar-refractivity contribution in [3.8, 4) is 22.4 Å². The number of alkyl halides is 3. The van der Waals surface area contributed by atoms with E-state index in [1.807, 2.05) is 17.6 Å². The number of piperidine rings is 1. The second-order valence-corrected chi connectivity index (χ2v) is 9.73. The first-order chi connectivity index (χ1) is 18.7. The molecule has 3 heterocycles. The molecule has 0 radical (unpaired) electrons. The summed E-state index contributed by atoms with van der Waals surface area (Å²) in [5.74, 6) is -0.360. The molecule has 204 valence electrons. The minimum absolute atomic E-state index is 0.0949. The molecule has 1 aliphatic rings. The fourth-order valence-corrected chi connectivity index (χ4v) is 5.24. The summed E-state index contributed by atoms with van der Waals surface area (Å²) in [5, 5.41) is 0. The minimum atomic E-state index is -4.79. The molecule has 4 aromatic rings. The van der Waals surface area contributed by atoms with Crippen LogP contribution in [0.2, 0.25) is 0 Å². The van der Waals surface area contributed by atoms with Crippen molar-refractivity contribution < 1.29 is 22.0 Å². The fourth-order valence-electron chi connectivity index (χ4n) is 5.24. The summed E-state index contributed by atoms with van der Waals surface area (Å²) in [4.78, 5) is 11.2. The number of imidazole rings is 1. The van der Waals surface area contributed by atoms with Gasteiger partial charge in [0.2, 0.25) is 0 Å². The summed E-state index contributed by atoms with van der Waals surface area (Å²) in [6, 6.07) is 11.0. The number of anilines is 2. The standard InChI is InChI=1S/C29H28F5N5/c1-2-13-39-17-24(20-5-8-23(31)22(16-20)29(32,33)34)37-28(39)19-10-14-38(15-11-19)25-9-12-36-27(35)26(25)18-3-6-21(30)7-4-18/h3-9,12,16-17,19H,2,10-11,13-15H2,1H3,(H2,35,36). The molecular formula is C29H28F5N5. The van der Waals surface area contributed by atoms with Crippen LogP contribution in [0.5, 0.6) is 0 Å². The lowest BCUT2D eigenvalue weighted by Crippen LogP contribution is -2.34. The van der Waals surface area contributed by atoms with Crippen LogP contribution in [0.15, 0.2) is 60.9 Å². The van der Waals surface area contributed by atoms with Gasteiger partial charge < -0.3 is 15.2 Å². The number of benzene rings is 2. The molecule has 5 rings (SSSR count). The minimum Gasteiger partial charge on any atom is -0.383 e. The molecule has 0 saturated carbocycles. The van der Waals surface area contributed by atoms with E-state index in [9.17, 15) is 22.0 Å². The molecular weight excluding hydrogens is 513 g/mol. The molecule has 0 unspecified atom stereocenters. The van der Waals surface area contributed by atoms with Crippen molar-refractivity contribution in [1.82, 2.24) is 14.5 Å². The molecule has 2 aromatic carbocycles. The van der Waals surface area contributed by atoms with Crippen molar-refractivity contribution in [2.75, 3.05) is 23.7 Å². The first-order valence-electron chi connectivity index (χ1n) is 12.8. The molecule has 0 amide bonds. The number of pyridine rings is 1. The normalized spacial score (nSPS) is 14.7. The van der Waals surface area contributed by atoms with Gasteiger partial charge in [0.05, 0.1) is 11.3 Å². The zero-order chi connectivity index (χ0) is 27.7. The smallest absolute Gasteiger partial charge is 0.383 e. The Bertz CT molecular complexity index is 1450. The topological polar surface area (TPSA) is 60.0 Å². The van der Waals surface area contributed by atoms with E-state index < -0.39 is 17.6 Å². The van der Waals surface area contributed by atoms with E-state index in [0.29, 0.717) is 31.1 Å². The Morgan fingerprint density at radius 3 is 2.33 bits per heavy atom. The van der Waals surface area contributed by atoms with E-state index in [2.05, 4.69) is 9.88 Å². The summed E-state index contributed by atoms with van der Waals surface area (Å²) in [7, 11) is 0. The molecule has 0 bridgehead atoms. The van der Waals surface area contributed by atoms with Gasteiger partial charge in [-0.15, -0.1) is 0 Å². The molecule has 1 aliphatic heterocycles. The highest BCUT2D eigenvalue weighted by Crippen LogP contribution is 2.39. The molecule has 2 aromatic heterocycles. The SMILES string of the molecule is CCCn1cc(-c2ccc(F)c(C(F)(F)F)c2)nc1C1CCN(c2ccnc(N)c2-c2ccc(F)cc2)CC1. The third kappa shape index (κ3) is 5.46. The van der Waals surface area contributed by atoms with Gasteiger partial charge in [0.15, 0.2) is 0 Å². The van der Waals surface area contributed by atoms with Crippen molar-refractivity contribution in [3.63, 3.8) is 0 Å². The molecule has 0 spiro atoms. The van der Waals surface area contributed by atoms with E-state index in [0.717, 1.165) is 54.0 Å². The maximum absolute atomic E-state index is 13.9. The maximum atomic E-state index is 13.9. The average molecular weight is 542 g/mol. The zero-order valence-corrected chi connectivity index (χ0v) is 21.3. The lowest BCUT2D eigenvalue weighted by atomic mass is 9.94. The van der Waals surface area contributed by atoms with Crippen molar-refractivity contribution >= 4 is 11.5 Å². The summed E-state index contributed by atoms with van der Waals surface area (Å²) in [6.07, 6.45) is 0.989. The van der Waals surface area contributed by atoms with Gasteiger partial charge in [-0.05, 0) is 61.2 Å². The predicted molar refractivity (Wildman–Crippen MR) is 141 cm³/mol. The van der Waals surface area contributed by atoms with E-state index in [1.54, 1.807) is 24.5 Å². The van der Waals surface area contributed by atoms with Crippen LogP contribution >= 0.6 is 0 Å². The molecule has 10 heteroatoms. The van der Waals surface area contributed by atoms with E-state index in [-0.39, 0.29) is 17.3 Å². The summed E-state index contributed by atoms with van der Waals surface area (Å²) < 4.78 is 69.3. The Hall–Kier alpha value is -3.95. The van der Waals surface area contributed by atoms with Crippen molar-refractivity contribution in [2.24, 2.45) is 0 Å². The maximum Gasteiger partial charge on any atom is 0.419 e. The highest BCUT2D eigenvalue weighted by molar-refractivity contribution is 5.86. The van der Waals surface area contributed by atoms with Crippen LogP contribution in [-0.2, 0) is 12.7 Å². The van der Waals surface area contributed by atoms with E-state index >= 15 is 0 Å². The van der Waals surface area contributed by atoms with Crippen LogP contribution < -0.4 is 10.6 Å². The van der Waals surface area contributed by atoms with E-state index in [4.69, 9.17) is 10.7 Å². The number of rotatable bonds is 6. The van der Waals surface area contributed by atoms with Gasteiger partial charge in [0.25, 0.3) is 0 Å². The zero-order valence-electron chi connectivity index (χ0n) is 21.3. The summed E-state index contributed by atoms with van der Waals surface area (Å²) >= 11 is 0. The van der Waals surface area contributed by atoms with Crippen molar-refractivity contribution in [1.29, 1.82) is 0 Å². The quantitative estimate of drug-likeness (QED) is 0.261. The second-order valence-electron chi connectivity index (χ2n) is 9.73. The number of halogens is 5. The van der Waals surface area contributed by atoms with Crippen LogP contribution in [0, 0.1) is 11.6 Å². The van der Waals surface area contributed by atoms with Crippen LogP contribution in [-0.4, -0.2) is 27.6 Å². The van der Waals surface area contributed by atoms with Gasteiger partial charge in [-0.2, -0.15) is 13.2 Å². The number of hydrogen-bond donors (Lipinski definition) is 1. The molecule has 0 aliphatic carbocycles. The second kappa shape index (κ2) is 10.7. The predicted octanol–water partition coefficient (Wildman–Crippen LogP) is 7.29. The fraction of sp³-hybridized carbons (Fsp3) is 0.310. The van der Waals surface area contributed by atoms with E-state index in [1.165, 1.54) is 18.2 Å². The first-order valence-corrected chi connectivity index (χ1v) is 12.8. The van der Waals surface area contributed by atoms with Crippen LogP contribution in [0.3, 0.4) is 0 Å². The average Bonchev–Trinajstić information content (AvgIpc) is 3.33. The molecule has 1 saturated heterocycles. The van der Waals surface area contributed by atoms with Gasteiger partial charge in [0, 0.05) is 54.8 Å². The van der Waals surface area contributed by atoms with Crippen molar-refractivity contribution in [3.05, 3.63) is 83.9 Å². The Morgan fingerprint density at radius 2 is 1.67 bits per heavy atom. The van der Waals surface area contributed by atoms with Gasteiger partial charge in [0.1, 0.15) is 23.3 Å². The summed E-state index contributed by atoms with van der Waals surface area (Å²) in [6.45, 7) is 4.10. The monoisotopic (exact) mass is 541 g/mol. The van der Waals surface area contributed by atoms with Gasteiger partial charge >= 0.3 is 6.18 Å². The highest BCUT2D eigenvalue weighted by Gasteiger charge is 2.35. The van der Waals surface area contributed by atoms with Gasteiger partial charge in [-0.3, -0.25) is 0 Å². The first kappa shape index (κ1) is 26.6. The third-order valence-corrected chi connectivity index (χ3v) is 7.13. The van der Waals surface area contributed by atoms with Gasteiger partial charge in [-0.1, -0.05) is 19.1 Å². The molecule has 0 atom stereocenters. The van der Waals surface area contributed by atoms with Crippen LogP contribution in [0.4, 0.5) is 33.5 Å². The lowest BCUT2D eigenvalue weighted by molar-refractivity contribution is -0.139. The van der Waals surface area contributed by atoms with Crippen molar-refractivity contribution in [2.45, 2.75) is 44.8 Å². The number of nitrogens with zero attached hydrogens (tertiary/aromatic N) is 4. The largest absolute Gasteiger partial charge is 0.419 e. The summed E-state index contributed by atoms with van der Waals surface area (Å²) in [5.41, 5.74) is 8.01. The molecule has 5 nitrogen and oxygen atoms in total. The van der Waals surface area contributed by atoms with Crippen LogP contribution in [0.1, 0.15) is 43.5 Å². The molecule has 39 heavy (non-hydrogen) atoms. The number of nitrogen functional groups attached to an aromatic ring is 1. The Kier molecular flexibility index (Phi) is 7.29. The molecule has 1 fully saturated rings. The number of aromatic nitrogens is 3. The van der Waals surface area contributed by atoms with Crippen LogP contribution in [0.25, 0.3) is 22.4 Å². The van der Waals surface area contributed by atoms with Gasteiger partial charge in [-0.25, -0.2) is 18.7 Å². The Labute approximate surface area is 223 Å². The number of aryl methyl sites for hydroxylation is 1. The Morgan fingerprint density at radius 1 is 0.974 bits per heavy atom. The Balaban J connectivity index is 1.40.